The van der Waals surface area contributed by atoms with Crippen molar-refractivity contribution >= 4 is 43.3 Å². The van der Waals surface area contributed by atoms with E-state index in [1.807, 2.05) is 57.4 Å². The molecule has 172 valence electrons. The van der Waals surface area contributed by atoms with E-state index in [1.165, 1.54) is 11.8 Å². The van der Waals surface area contributed by atoms with Crippen LogP contribution in [0, 0.1) is 0 Å². The van der Waals surface area contributed by atoms with Crippen molar-refractivity contribution < 1.29 is 14.3 Å². The minimum atomic E-state index is -0.586. The van der Waals surface area contributed by atoms with Crippen LogP contribution in [0.25, 0.3) is 0 Å². The van der Waals surface area contributed by atoms with E-state index in [2.05, 4.69) is 21.9 Å². The van der Waals surface area contributed by atoms with Crippen molar-refractivity contribution in [3.05, 3.63) is 66.4 Å². The predicted octanol–water partition coefficient (Wildman–Crippen LogP) is 6.72. The minimum Gasteiger partial charge on any atom is -0.444 e. The third kappa shape index (κ3) is 7.55. The van der Waals surface area contributed by atoms with Gasteiger partial charge in [0.25, 0.3) is 0 Å². The molecule has 0 spiro atoms. The molecule has 0 saturated carbocycles. The fourth-order valence-electron chi connectivity index (χ4n) is 2.74. The summed E-state index contributed by atoms with van der Waals surface area (Å²) in [5, 5.41) is 3.32. The number of thioether (sulfide) groups is 1. The van der Waals surface area contributed by atoms with E-state index in [0.29, 0.717) is 31.1 Å². The van der Waals surface area contributed by atoms with Crippen LogP contribution >= 0.6 is 20.3 Å². The van der Waals surface area contributed by atoms with Crippen molar-refractivity contribution in [3.63, 3.8) is 0 Å². The highest BCUT2D eigenvalue weighted by molar-refractivity contribution is 7.98. The summed E-state index contributed by atoms with van der Waals surface area (Å²) < 4.78 is 11.5. The summed E-state index contributed by atoms with van der Waals surface area (Å²) in [7, 11) is 0.405. The molecule has 1 unspecified atom stereocenters. The number of amides is 1. The van der Waals surface area contributed by atoms with Gasteiger partial charge in [-0.3, -0.25) is 5.32 Å². The summed E-state index contributed by atoms with van der Waals surface area (Å²) in [6, 6.07) is 16.8. The number of nitrogens with one attached hydrogen (secondary N) is 1. The van der Waals surface area contributed by atoms with E-state index in [0.717, 1.165) is 16.7 Å². The lowest BCUT2D eigenvalue weighted by atomic mass is 10.2. The molecule has 0 bridgehead atoms. The zero-order valence-electron chi connectivity index (χ0n) is 19.2. The average molecular weight is 483 g/mol. The molecule has 1 N–H and O–H groups in total. The van der Waals surface area contributed by atoms with Crippen LogP contribution in [-0.4, -0.2) is 40.0 Å². The first-order valence-corrected chi connectivity index (χ1v) is 13.0. The van der Waals surface area contributed by atoms with Gasteiger partial charge in [-0.1, -0.05) is 44.6 Å². The first-order valence-electron chi connectivity index (χ1n) is 10.3. The Hall–Kier alpha value is -2.96. The van der Waals surface area contributed by atoms with Gasteiger partial charge in [-0.15, -0.1) is 0 Å². The van der Waals surface area contributed by atoms with Crippen LogP contribution < -0.4 is 10.1 Å². The van der Waals surface area contributed by atoms with Crippen LogP contribution in [0.1, 0.15) is 26.3 Å². The van der Waals surface area contributed by atoms with Crippen LogP contribution in [0.3, 0.4) is 0 Å². The Bertz CT molecular complexity index is 1130. The van der Waals surface area contributed by atoms with Crippen molar-refractivity contribution in [2.75, 3.05) is 18.2 Å². The van der Waals surface area contributed by atoms with E-state index in [1.54, 1.807) is 30.5 Å². The van der Waals surface area contributed by atoms with Gasteiger partial charge in [-0.2, -0.15) is 4.98 Å². The van der Waals surface area contributed by atoms with Gasteiger partial charge in [-0.05, 0) is 58.0 Å². The highest BCUT2D eigenvalue weighted by Crippen LogP contribution is 2.32. The lowest BCUT2D eigenvalue weighted by Gasteiger charge is -2.19. The van der Waals surface area contributed by atoms with Crippen LogP contribution in [0.5, 0.6) is 11.6 Å². The molecule has 1 aromatic heterocycles. The molecule has 1 atom stereocenters. The summed E-state index contributed by atoms with van der Waals surface area (Å²) in [5.74, 6) is 0.932. The molecule has 0 aliphatic rings. The van der Waals surface area contributed by atoms with Gasteiger partial charge in [0.05, 0.1) is 16.7 Å². The van der Waals surface area contributed by atoms with E-state index < -0.39 is 11.7 Å². The van der Waals surface area contributed by atoms with Gasteiger partial charge in [0.2, 0.25) is 5.88 Å². The number of hydrogen-bond donors (Lipinski definition) is 1. The zero-order chi connectivity index (χ0) is 23.8. The Kier molecular flexibility index (Phi) is 8.42. The van der Waals surface area contributed by atoms with E-state index in [9.17, 15) is 4.79 Å². The number of carbonyl (C=O) groups excluding carboxylic acids is 1. The number of para-hydroxylation sites is 1. The zero-order valence-corrected chi connectivity index (χ0v) is 21.1. The van der Waals surface area contributed by atoms with Crippen molar-refractivity contribution in [1.82, 2.24) is 9.97 Å². The topological polar surface area (TPSA) is 85.7 Å². The minimum absolute atomic E-state index is 0.405. The lowest BCUT2D eigenvalue weighted by molar-refractivity contribution is 0.0636. The maximum atomic E-state index is 12.1. The summed E-state index contributed by atoms with van der Waals surface area (Å²) in [4.78, 5) is 25.9. The maximum Gasteiger partial charge on any atom is 0.412 e. The predicted molar refractivity (Wildman–Crippen MR) is 137 cm³/mol. The first-order chi connectivity index (χ1) is 15.8. The Morgan fingerprint density at radius 2 is 1.88 bits per heavy atom. The molecule has 0 aliphatic heterocycles. The van der Waals surface area contributed by atoms with Gasteiger partial charge >= 0.3 is 6.09 Å². The summed E-state index contributed by atoms with van der Waals surface area (Å²) in [6.07, 6.45) is 3.12. The lowest BCUT2D eigenvalue weighted by Crippen LogP contribution is -2.27. The molecule has 0 saturated heterocycles. The van der Waals surface area contributed by atoms with Gasteiger partial charge in [-0.25, -0.2) is 14.8 Å². The molecule has 1 heterocycles. The number of ether oxygens (including phenoxy) is 2. The van der Waals surface area contributed by atoms with Gasteiger partial charge in [0.1, 0.15) is 11.4 Å². The standard InChI is InChI=1S/C24H27N4O3PS/c1-24(2,3)31-23(29)27-17-12-9-13-18(14-17)30-20-19(15-25-22(28-20)33-5)21(32-4)26-16-10-7-6-8-11-16/h6-15,32H,1-5H3,(H,27,29). The van der Waals surface area contributed by atoms with Gasteiger partial charge < -0.3 is 9.47 Å². The molecule has 0 radical (unpaired) electrons. The summed E-state index contributed by atoms with van der Waals surface area (Å²) >= 11 is 1.43. The second-order valence-corrected chi connectivity index (χ2v) is 9.63. The molecule has 1 amide bonds. The monoisotopic (exact) mass is 482 g/mol. The van der Waals surface area contributed by atoms with Crippen LogP contribution in [0.2, 0.25) is 0 Å². The molecular formula is C24H27N4O3PS. The van der Waals surface area contributed by atoms with Crippen molar-refractivity contribution in [3.8, 4) is 11.6 Å². The van der Waals surface area contributed by atoms with Crippen molar-refractivity contribution in [1.29, 1.82) is 0 Å². The van der Waals surface area contributed by atoms with Crippen molar-refractivity contribution in [2.24, 2.45) is 4.99 Å². The molecule has 3 aromatic rings. The Morgan fingerprint density at radius 3 is 2.55 bits per heavy atom. The summed E-state index contributed by atoms with van der Waals surface area (Å²) in [6.45, 7) is 7.50. The maximum absolute atomic E-state index is 12.1. The molecule has 0 aliphatic carbocycles. The number of rotatable bonds is 7. The number of benzene rings is 2. The van der Waals surface area contributed by atoms with Gasteiger partial charge in [0, 0.05) is 18.0 Å². The third-order valence-corrected chi connectivity index (χ3v) is 5.51. The number of aromatic nitrogens is 2. The quantitative estimate of drug-likeness (QED) is 0.174. The highest BCUT2D eigenvalue weighted by atomic mass is 32.2. The Balaban J connectivity index is 1.90. The van der Waals surface area contributed by atoms with Crippen LogP contribution in [-0.2, 0) is 4.74 Å². The van der Waals surface area contributed by atoms with E-state index in [-0.39, 0.29) is 0 Å². The second kappa shape index (κ2) is 11.3. The number of anilines is 1. The molecule has 3 rings (SSSR count). The molecular weight excluding hydrogens is 455 g/mol. The van der Waals surface area contributed by atoms with Crippen LogP contribution in [0.4, 0.5) is 16.2 Å². The number of hydrogen-bond acceptors (Lipinski definition) is 7. The smallest absolute Gasteiger partial charge is 0.412 e. The third-order valence-electron chi connectivity index (χ3n) is 4.10. The number of nitrogens with zero attached hydrogens (tertiary/aromatic N) is 3. The fourth-order valence-corrected chi connectivity index (χ4v) is 3.76. The first kappa shape index (κ1) is 24.7. The second-order valence-electron chi connectivity index (χ2n) is 7.88. The van der Waals surface area contributed by atoms with Crippen molar-refractivity contribution in [2.45, 2.75) is 31.5 Å². The largest absolute Gasteiger partial charge is 0.444 e. The summed E-state index contributed by atoms with van der Waals surface area (Å²) in [5.41, 5.74) is 2.38. The SMILES string of the molecule is CPC(=Nc1ccccc1)c1cnc(SC)nc1Oc1cccc(NC(=O)OC(C)(C)C)c1. The fraction of sp³-hybridized carbons (Fsp3) is 0.250. The highest BCUT2D eigenvalue weighted by Gasteiger charge is 2.17. The average Bonchev–Trinajstić information content (AvgIpc) is 2.77. The molecule has 2 aromatic carbocycles. The molecule has 33 heavy (non-hydrogen) atoms. The Morgan fingerprint density at radius 1 is 1.12 bits per heavy atom. The van der Waals surface area contributed by atoms with E-state index >= 15 is 0 Å². The number of carbonyl (C=O) groups is 1. The molecule has 7 nitrogen and oxygen atoms in total. The molecule has 0 fully saturated rings. The Labute approximate surface area is 200 Å². The molecule has 9 heteroatoms. The number of aliphatic imine (C=N–C) groups is 1. The van der Waals surface area contributed by atoms with Gasteiger partial charge in [0.15, 0.2) is 5.16 Å². The van der Waals surface area contributed by atoms with E-state index in [4.69, 9.17) is 14.5 Å². The normalized spacial score (nSPS) is 12.1. The van der Waals surface area contributed by atoms with Crippen LogP contribution in [0.15, 0.2) is 70.9 Å².